The molecule has 0 radical (unpaired) electrons. The van der Waals surface area contributed by atoms with Crippen LogP contribution in [0.2, 0.25) is 0 Å². The first-order chi connectivity index (χ1) is 7.72. The lowest BCUT2D eigenvalue weighted by Gasteiger charge is -2.33. The maximum atomic E-state index is 6.28. The van der Waals surface area contributed by atoms with Gasteiger partial charge in [0.25, 0.3) is 0 Å². The van der Waals surface area contributed by atoms with Gasteiger partial charge in [0, 0.05) is 21.3 Å². The highest BCUT2D eigenvalue weighted by Crippen LogP contribution is 2.42. The van der Waals surface area contributed by atoms with Gasteiger partial charge >= 0.3 is 0 Å². The molecule has 3 unspecified atom stereocenters. The first-order valence-electron chi connectivity index (χ1n) is 6.20. The summed E-state index contributed by atoms with van der Waals surface area (Å²) in [5, 5.41) is 2.16. The Morgan fingerprint density at radius 1 is 1.50 bits per heavy atom. The van der Waals surface area contributed by atoms with Gasteiger partial charge in [0.2, 0.25) is 0 Å². The summed E-state index contributed by atoms with van der Waals surface area (Å²) in [6.07, 6.45) is 6.48. The fraction of sp³-hybridized carbons (Fsp3) is 0.692. The number of thiophene rings is 1. The Labute approximate surface area is 111 Å². The van der Waals surface area contributed by atoms with Crippen molar-refractivity contribution in [2.45, 2.75) is 51.0 Å². The zero-order valence-electron chi connectivity index (χ0n) is 9.79. The van der Waals surface area contributed by atoms with Gasteiger partial charge in [-0.1, -0.05) is 19.8 Å². The summed E-state index contributed by atoms with van der Waals surface area (Å²) in [7, 11) is 0. The number of rotatable bonds is 3. The Balaban J connectivity index is 2.10. The fourth-order valence-corrected chi connectivity index (χ4v) is 4.68. The lowest BCUT2D eigenvalue weighted by Crippen LogP contribution is -2.34. The second kappa shape index (κ2) is 5.65. The smallest absolute Gasteiger partial charge is 0.0317 e. The number of nitrogens with two attached hydrogens (primary N) is 1. The van der Waals surface area contributed by atoms with Gasteiger partial charge in [0.1, 0.15) is 0 Å². The Hall–Kier alpha value is 0.140. The van der Waals surface area contributed by atoms with Crippen molar-refractivity contribution in [3.63, 3.8) is 0 Å². The van der Waals surface area contributed by atoms with Crippen LogP contribution in [0, 0.1) is 5.92 Å². The van der Waals surface area contributed by atoms with Gasteiger partial charge in [-0.25, -0.2) is 0 Å². The van der Waals surface area contributed by atoms with Gasteiger partial charge in [0.05, 0.1) is 0 Å². The van der Waals surface area contributed by atoms with Crippen molar-refractivity contribution in [3.05, 3.63) is 20.8 Å². The third-order valence-corrected chi connectivity index (χ3v) is 5.69. The predicted octanol–water partition coefficient (Wildman–Crippen LogP) is 4.52. The third kappa shape index (κ3) is 2.69. The van der Waals surface area contributed by atoms with E-state index in [0.29, 0.717) is 12.0 Å². The average molecular weight is 302 g/mol. The van der Waals surface area contributed by atoms with Crippen LogP contribution in [-0.4, -0.2) is 6.04 Å². The van der Waals surface area contributed by atoms with Crippen LogP contribution < -0.4 is 5.73 Å². The van der Waals surface area contributed by atoms with E-state index < -0.39 is 0 Å². The molecule has 3 heteroatoms. The average Bonchev–Trinajstić information content (AvgIpc) is 2.68. The summed E-state index contributed by atoms with van der Waals surface area (Å²) >= 11 is 5.50. The molecule has 0 spiro atoms. The minimum absolute atomic E-state index is 0.364. The maximum Gasteiger partial charge on any atom is 0.0317 e. The Kier molecular flexibility index (Phi) is 4.45. The molecule has 90 valence electrons. The number of hydrogen-bond donors (Lipinski definition) is 1. The second-order valence-corrected chi connectivity index (χ2v) is 6.67. The molecule has 0 aliphatic heterocycles. The first-order valence-corrected chi connectivity index (χ1v) is 7.88. The van der Waals surface area contributed by atoms with Crippen LogP contribution in [0.1, 0.15) is 49.8 Å². The van der Waals surface area contributed by atoms with Crippen LogP contribution in [0.5, 0.6) is 0 Å². The Morgan fingerprint density at radius 2 is 2.31 bits per heavy atom. The third-order valence-electron chi connectivity index (χ3n) is 3.69. The highest BCUT2D eigenvalue weighted by Gasteiger charge is 2.30. The monoisotopic (exact) mass is 301 g/mol. The van der Waals surface area contributed by atoms with Crippen LogP contribution in [-0.2, 0) is 0 Å². The van der Waals surface area contributed by atoms with E-state index in [0.717, 1.165) is 5.92 Å². The molecule has 16 heavy (non-hydrogen) atoms. The first kappa shape index (κ1) is 12.6. The molecule has 1 saturated carbocycles. The molecular formula is C13H20BrNS. The zero-order chi connectivity index (χ0) is 11.5. The molecule has 3 atom stereocenters. The fourth-order valence-electron chi connectivity index (χ4n) is 2.82. The van der Waals surface area contributed by atoms with Crippen LogP contribution in [0.25, 0.3) is 0 Å². The van der Waals surface area contributed by atoms with Gasteiger partial charge in [-0.3, -0.25) is 0 Å². The molecule has 1 nitrogen and oxygen atoms in total. The van der Waals surface area contributed by atoms with E-state index in [-0.39, 0.29) is 0 Å². The van der Waals surface area contributed by atoms with Gasteiger partial charge in [-0.15, -0.1) is 11.3 Å². The molecule has 1 aromatic heterocycles. The van der Waals surface area contributed by atoms with Crippen molar-refractivity contribution in [1.82, 2.24) is 0 Å². The highest BCUT2D eigenvalue weighted by atomic mass is 79.9. The van der Waals surface area contributed by atoms with Crippen LogP contribution in [0.4, 0.5) is 0 Å². The van der Waals surface area contributed by atoms with Crippen molar-refractivity contribution >= 4 is 27.3 Å². The van der Waals surface area contributed by atoms with Gasteiger partial charge < -0.3 is 5.73 Å². The van der Waals surface area contributed by atoms with Gasteiger partial charge in [0.15, 0.2) is 0 Å². The Morgan fingerprint density at radius 3 is 2.94 bits per heavy atom. The van der Waals surface area contributed by atoms with E-state index in [1.54, 1.807) is 0 Å². The SMILES string of the molecule is CCCC1CCC(N)C(c2sccc2Br)C1. The quantitative estimate of drug-likeness (QED) is 0.872. The lowest BCUT2D eigenvalue weighted by molar-refractivity contribution is 0.276. The maximum absolute atomic E-state index is 6.28. The topological polar surface area (TPSA) is 26.0 Å². The van der Waals surface area contributed by atoms with Gasteiger partial charge in [-0.05, 0) is 52.6 Å². The van der Waals surface area contributed by atoms with E-state index in [9.17, 15) is 0 Å². The number of halogens is 1. The van der Waals surface area contributed by atoms with Crippen molar-refractivity contribution in [2.75, 3.05) is 0 Å². The molecule has 0 amide bonds. The van der Waals surface area contributed by atoms with Crippen molar-refractivity contribution < 1.29 is 0 Å². The summed E-state index contributed by atoms with van der Waals surface area (Å²) in [5.74, 6) is 1.48. The molecule has 2 N–H and O–H groups in total. The minimum atomic E-state index is 0.364. The second-order valence-electron chi connectivity index (χ2n) is 4.87. The summed E-state index contributed by atoms with van der Waals surface area (Å²) < 4.78 is 1.26. The van der Waals surface area contributed by atoms with E-state index in [1.165, 1.54) is 41.5 Å². The summed E-state index contributed by atoms with van der Waals surface area (Å²) in [4.78, 5) is 1.47. The van der Waals surface area contributed by atoms with E-state index >= 15 is 0 Å². The summed E-state index contributed by atoms with van der Waals surface area (Å²) in [6, 6.07) is 2.51. The summed E-state index contributed by atoms with van der Waals surface area (Å²) in [5.41, 5.74) is 6.28. The van der Waals surface area contributed by atoms with E-state index in [2.05, 4.69) is 34.3 Å². The van der Waals surface area contributed by atoms with Crippen LogP contribution >= 0.6 is 27.3 Å². The zero-order valence-corrected chi connectivity index (χ0v) is 12.2. The molecule has 0 aromatic carbocycles. The molecule has 0 saturated heterocycles. The van der Waals surface area contributed by atoms with E-state index in [4.69, 9.17) is 5.73 Å². The molecular weight excluding hydrogens is 282 g/mol. The highest BCUT2D eigenvalue weighted by molar-refractivity contribution is 9.10. The van der Waals surface area contributed by atoms with E-state index in [1.807, 2.05) is 11.3 Å². The molecule has 1 aromatic rings. The summed E-state index contributed by atoms with van der Waals surface area (Å²) in [6.45, 7) is 2.28. The molecule has 1 aliphatic carbocycles. The predicted molar refractivity (Wildman–Crippen MR) is 75.0 cm³/mol. The van der Waals surface area contributed by atoms with Gasteiger partial charge in [-0.2, -0.15) is 0 Å². The molecule has 2 rings (SSSR count). The normalized spacial score (nSPS) is 30.6. The van der Waals surface area contributed by atoms with Crippen molar-refractivity contribution in [1.29, 1.82) is 0 Å². The lowest BCUT2D eigenvalue weighted by atomic mass is 9.76. The van der Waals surface area contributed by atoms with Crippen molar-refractivity contribution in [2.24, 2.45) is 11.7 Å². The standard InChI is InChI=1S/C13H20BrNS/c1-2-3-9-4-5-12(15)10(8-9)13-11(14)6-7-16-13/h6-7,9-10,12H,2-5,8,15H2,1H3. The van der Waals surface area contributed by atoms with Crippen LogP contribution in [0.15, 0.2) is 15.9 Å². The minimum Gasteiger partial charge on any atom is -0.327 e. The molecule has 0 bridgehead atoms. The molecule has 1 heterocycles. The molecule has 1 fully saturated rings. The Bertz CT molecular complexity index is 336. The van der Waals surface area contributed by atoms with Crippen LogP contribution in [0.3, 0.4) is 0 Å². The largest absolute Gasteiger partial charge is 0.327 e. The molecule has 1 aliphatic rings. The number of hydrogen-bond acceptors (Lipinski definition) is 2. The van der Waals surface area contributed by atoms with Crippen molar-refractivity contribution in [3.8, 4) is 0 Å².